The van der Waals surface area contributed by atoms with Crippen molar-refractivity contribution in [2.75, 3.05) is 27.4 Å². The van der Waals surface area contributed by atoms with Crippen LogP contribution in [0.4, 0.5) is 0 Å². The van der Waals surface area contributed by atoms with E-state index in [1.807, 2.05) is 36.4 Å². The van der Waals surface area contributed by atoms with Gasteiger partial charge in [0.1, 0.15) is 11.6 Å². The van der Waals surface area contributed by atoms with Crippen LogP contribution in [0.15, 0.2) is 97.3 Å². The van der Waals surface area contributed by atoms with Gasteiger partial charge in [-0.3, -0.25) is 0 Å². The van der Waals surface area contributed by atoms with Crippen LogP contribution in [0.3, 0.4) is 0 Å². The third-order valence-corrected chi connectivity index (χ3v) is 6.14. The molecule has 0 amide bonds. The van der Waals surface area contributed by atoms with Crippen molar-refractivity contribution in [1.29, 1.82) is 0 Å². The average molecular weight is 479 g/mol. The molecule has 0 spiro atoms. The SMILES string of the molecule is COCCn1cc(-c2ccccc2)nc1-c1cccc(-c2nc(-c3ccccc3)cn2CCOC)c1. The van der Waals surface area contributed by atoms with E-state index < -0.39 is 0 Å². The van der Waals surface area contributed by atoms with Gasteiger partial charge in [0.2, 0.25) is 0 Å². The number of methoxy groups -OCH3 is 2. The predicted molar refractivity (Wildman–Crippen MR) is 144 cm³/mol. The maximum absolute atomic E-state index is 5.37. The lowest BCUT2D eigenvalue weighted by Crippen LogP contribution is -2.06. The molecule has 2 heterocycles. The summed E-state index contributed by atoms with van der Waals surface area (Å²) in [4.78, 5) is 10.0. The van der Waals surface area contributed by atoms with E-state index in [1.165, 1.54) is 0 Å². The number of ether oxygens (including phenoxy) is 2. The van der Waals surface area contributed by atoms with Gasteiger partial charge in [-0.25, -0.2) is 9.97 Å². The number of aromatic nitrogens is 4. The molecule has 2 aromatic heterocycles. The van der Waals surface area contributed by atoms with Crippen molar-refractivity contribution in [3.63, 3.8) is 0 Å². The molecule has 0 saturated heterocycles. The lowest BCUT2D eigenvalue weighted by molar-refractivity contribution is 0.187. The molecule has 182 valence electrons. The zero-order chi connectivity index (χ0) is 24.7. The quantitative estimate of drug-likeness (QED) is 0.246. The van der Waals surface area contributed by atoms with Gasteiger partial charge in [-0.15, -0.1) is 0 Å². The Kier molecular flexibility index (Phi) is 7.36. The van der Waals surface area contributed by atoms with Crippen LogP contribution in [0.1, 0.15) is 0 Å². The van der Waals surface area contributed by atoms with Crippen molar-refractivity contribution in [1.82, 2.24) is 19.1 Å². The van der Waals surface area contributed by atoms with E-state index in [-0.39, 0.29) is 0 Å². The summed E-state index contributed by atoms with van der Waals surface area (Å²) in [6.45, 7) is 2.66. The highest BCUT2D eigenvalue weighted by Crippen LogP contribution is 2.30. The standard InChI is InChI=1S/C30H30N4O2/c1-35-18-16-33-21-27(23-10-5-3-6-11-23)31-29(33)25-14-9-15-26(20-25)30-32-28(22-34(30)17-19-36-2)24-12-7-4-8-13-24/h3-15,20-22H,16-19H2,1-2H3. The van der Waals surface area contributed by atoms with Crippen LogP contribution in [0.5, 0.6) is 0 Å². The first-order chi connectivity index (χ1) is 17.8. The van der Waals surface area contributed by atoms with Crippen molar-refractivity contribution >= 4 is 0 Å². The number of hydrogen-bond acceptors (Lipinski definition) is 4. The second-order valence-electron chi connectivity index (χ2n) is 8.58. The number of benzene rings is 3. The van der Waals surface area contributed by atoms with E-state index in [0.29, 0.717) is 13.2 Å². The molecular weight excluding hydrogens is 448 g/mol. The molecule has 36 heavy (non-hydrogen) atoms. The summed E-state index contributed by atoms with van der Waals surface area (Å²) >= 11 is 0. The average Bonchev–Trinajstić information content (AvgIpc) is 3.57. The first kappa shape index (κ1) is 23.7. The van der Waals surface area contributed by atoms with E-state index in [2.05, 4.69) is 70.1 Å². The first-order valence-electron chi connectivity index (χ1n) is 12.1. The molecule has 0 aliphatic rings. The Morgan fingerprint density at radius 3 is 1.39 bits per heavy atom. The third-order valence-electron chi connectivity index (χ3n) is 6.14. The summed E-state index contributed by atoms with van der Waals surface area (Å²) in [7, 11) is 3.44. The predicted octanol–water partition coefficient (Wildman–Crippen LogP) is 6.04. The Balaban J connectivity index is 1.56. The molecule has 0 aliphatic heterocycles. The minimum absolute atomic E-state index is 0.610. The second kappa shape index (κ2) is 11.2. The number of hydrogen-bond donors (Lipinski definition) is 0. The maximum Gasteiger partial charge on any atom is 0.140 e. The zero-order valence-corrected chi connectivity index (χ0v) is 20.7. The van der Waals surface area contributed by atoms with Crippen molar-refractivity contribution < 1.29 is 9.47 Å². The zero-order valence-electron chi connectivity index (χ0n) is 20.7. The van der Waals surface area contributed by atoms with Gasteiger partial charge in [0.25, 0.3) is 0 Å². The fourth-order valence-electron chi connectivity index (χ4n) is 4.31. The third kappa shape index (κ3) is 5.15. The van der Waals surface area contributed by atoms with Crippen LogP contribution in [0.25, 0.3) is 45.3 Å². The Morgan fingerprint density at radius 1 is 0.556 bits per heavy atom. The van der Waals surface area contributed by atoms with Crippen LogP contribution < -0.4 is 0 Å². The molecule has 0 saturated carbocycles. The molecule has 0 radical (unpaired) electrons. The fourth-order valence-corrected chi connectivity index (χ4v) is 4.31. The topological polar surface area (TPSA) is 54.1 Å². The van der Waals surface area contributed by atoms with Gasteiger partial charge in [0.15, 0.2) is 0 Å². The smallest absolute Gasteiger partial charge is 0.140 e. The second-order valence-corrected chi connectivity index (χ2v) is 8.58. The van der Waals surface area contributed by atoms with E-state index in [0.717, 1.165) is 58.4 Å². The van der Waals surface area contributed by atoms with E-state index in [9.17, 15) is 0 Å². The Hall–Kier alpha value is -4.00. The minimum Gasteiger partial charge on any atom is -0.383 e. The van der Waals surface area contributed by atoms with Gasteiger partial charge < -0.3 is 18.6 Å². The first-order valence-corrected chi connectivity index (χ1v) is 12.1. The van der Waals surface area contributed by atoms with Gasteiger partial charge in [-0.1, -0.05) is 78.9 Å². The monoisotopic (exact) mass is 478 g/mol. The minimum atomic E-state index is 0.610. The molecule has 3 aromatic carbocycles. The molecule has 6 heteroatoms. The lowest BCUT2D eigenvalue weighted by atomic mass is 10.1. The molecule has 0 atom stereocenters. The van der Waals surface area contributed by atoms with Gasteiger partial charge >= 0.3 is 0 Å². The molecular formula is C30H30N4O2. The molecule has 0 N–H and O–H groups in total. The highest BCUT2D eigenvalue weighted by molar-refractivity contribution is 5.71. The Morgan fingerprint density at radius 2 is 0.972 bits per heavy atom. The highest BCUT2D eigenvalue weighted by atomic mass is 16.5. The largest absolute Gasteiger partial charge is 0.383 e. The van der Waals surface area contributed by atoms with Crippen molar-refractivity contribution in [3.05, 3.63) is 97.3 Å². The van der Waals surface area contributed by atoms with Crippen molar-refractivity contribution in [2.24, 2.45) is 0 Å². The van der Waals surface area contributed by atoms with Crippen LogP contribution in [0, 0.1) is 0 Å². The molecule has 6 nitrogen and oxygen atoms in total. The summed E-state index contributed by atoms with van der Waals surface area (Å²) in [5, 5.41) is 0. The van der Waals surface area contributed by atoms with Crippen molar-refractivity contribution in [2.45, 2.75) is 13.1 Å². The molecule has 5 rings (SSSR count). The normalized spacial score (nSPS) is 11.2. The van der Waals surface area contributed by atoms with Crippen LogP contribution in [-0.2, 0) is 22.6 Å². The molecule has 0 aliphatic carbocycles. The maximum atomic E-state index is 5.37. The molecule has 0 unspecified atom stereocenters. The lowest BCUT2D eigenvalue weighted by Gasteiger charge is -2.10. The summed E-state index contributed by atoms with van der Waals surface area (Å²) in [6, 6.07) is 29.0. The molecule has 0 bridgehead atoms. The van der Waals surface area contributed by atoms with E-state index in [4.69, 9.17) is 19.4 Å². The number of imidazole rings is 2. The number of nitrogens with zero attached hydrogens (tertiary/aromatic N) is 4. The van der Waals surface area contributed by atoms with E-state index >= 15 is 0 Å². The molecule has 5 aromatic rings. The Labute approximate surface area is 211 Å². The van der Waals surface area contributed by atoms with E-state index in [1.54, 1.807) is 14.2 Å². The van der Waals surface area contributed by atoms with Crippen molar-refractivity contribution in [3.8, 4) is 45.3 Å². The van der Waals surface area contributed by atoms with Gasteiger partial charge in [0, 0.05) is 62.0 Å². The summed E-state index contributed by atoms with van der Waals surface area (Å²) < 4.78 is 15.1. The summed E-state index contributed by atoms with van der Waals surface area (Å²) in [5.41, 5.74) is 6.14. The summed E-state index contributed by atoms with van der Waals surface area (Å²) in [5.74, 6) is 1.82. The Bertz CT molecular complexity index is 1300. The fraction of sp³-hybridized carbons (Fsp3) is 0.200. The van der Waals surface area contributed by atoms with Gasteiger partial charge in [-0.2, -0.15) is 0 Å². The van der Waals surface area contributed by atoms with Crippen LogP contribution in [0.2, 0.25) is 0 Å². The molecule has 0 fully saturated rings. The van der Waals surface area contributed by atoms with Gasteiger partial charge in [-0.05, 0) is 6.07 Å². The summed E-state index contributed by atoms with van der Waals surface area (Å²) in [6.07, 6.45) is 4.20. The highest BCUT2D eigenvalue weighted by Gasteiger charge is 2.16. The number of rotatable bonds is 10. The van der Waals surface area contributed by atoms with Gasteiger partial charge in [0.05, 0.1) is 24.6 Å². The van der Waals surface area contributed by atoms with Crippen LogP contribution in [-0.4, -0.2) is 46.5 Å². The van der Waals surface area contributed by atoms with Crippen LogP contribution >= 0.6 is 0 Å².